The number of fused-ring (bicyclic) bond motifs is 3. The number of likely N-dealkylation sites (tertiary alicyclic amines) is 1. The minimum Gasteiger partial charge on any atom is -0.451 e. The number of hydrogen-bond acceptors (Lipinski definition) is 6. The van der Waals surface area contributed by atoms with Gasteiger partial charge in [0, 0.05) is 37.9 Å². The van der Waals surface area contributed by atoms with Crippen molar-refractivity contribution in [2.45, 2.75) is 37.8 Å². The summed E-state index contributed by atoms with van der Waals surface area (Å²) in [4.78, 5) is 33.7. The second kappa shape index (κ2) is 10.4. The maximum Gasteiger partial charge on any atom is 0.256 e. The van der Waals surface area contributed by atoms with Crippen molar-refractivity contribution >= 4 is 33.3 Å². The number of amides is 1. The molecule has 2 fully saturated rings. The highest BCUT2D eigenvalue weighted by Gasteiger charge is 2.34. The summed E-state index contributed by atoms with van der Waals surface area (Å²) in [5.74, 6) is -0.0938. The molecule has 3 aliphatic rings. The van der Waals surface area contributed by atoms with Crippen molar-refractivity contribution in [3.63, 3.8) is 0 Å². The zero-order valence-electron chi connectivity index (χ0n) is 24.3. The van der Waals surface area contributed by atoms with E-state index in [0.717, 1.165) is 43.0 Å². The van der Waals surface area contributed by atoms with E-state index < -0.39 is 17.2 Å². The first-order valence-electron chi connectivity index (χ1n) is 14.8. The van der Waals surface area contributed by atoms with Gasteiger partial charge in [-0.05, 0) is 82.3 Å². The van der Waals surface area contributed by atoms with E-state index in [4.69, 9.17) is 4.74 Å². The van der Waals surface area contributed by atoms with Crippen LogP contribution in [-0.4, -0.2) is 79.7 Å². The number of nitrogens with zero attached hydrogens (tertiary/aromatic N) is 4. The summed E-state index contributed by atoms with van der Waals surface area (Å²) in [5, 5.41) is 5.08. The topological polar surface area (TPSA) is 70.1 Å². The molecule has 2 unspecified atom stereocenters. The van der Waals surface area contributed by atoms with Crippen molar-refractivity contribution < 1.29 is 13.9 Å². The Kier molecular flexibility index (Phi) is 6.66. The van der Waals surface area contributed by atoms with Gasteiger partial charge in [-0.15, -0.1) is 0 Å². The summed E-state index contributed by atoms with van der Waals surface area (Å²) >= 11 is 0. The summed E-state index contributed by atoms with van der Waals surface area (Å²) in [5.41, 5.74) is 1.05. The molecule has 3 aliphatic heterocycles. The van der Waals surface area contributed by atoms with Crippen LogP contribution in [-0.2, 0) is 0 Å². The van der Waals surface area contributed by atoms with Crippen LogP contribution in [0, 0.1) is 5.82 Å². The molecule has 0 aliphatic carbocycles. The van der Waals surface area contributed by atoms with Crippen LogP contribution in [0.25, 0.3) is 27.4 Å². The molecule has 3 aromatic carbocycles. The number of nitrogens with one attached hydrogen (secondary N) is 1. The molecule has 1 amide bonds. The number of carbonyl (C=O) groups excluding carboxylic acids is 1. The molecule has 0 bridgehead atoms. The quantitative estimate of drug-likeness (QED) is 0.319. The van der Waals surface area contributed by atoms with Gasteiger partial charge in [0.1, 0.15) is 16.8 Å². The Balaban J connectivity index is 1.36. The summed E-state index contributed by atoms with van der Waals surface area (Å²) in [6.45, 7) is 2.86. The maximum atomic E-state index is 16.1. The number of ether oxygens (including phenoxy) is 1. The first-order valence-corrected chi connectivity index (χ1v) is 14.8. The highest BCUT2D eigenvalue weighted by atomic mass is 19.1. The van der Waals surface area contributed by atoms with Gasteiger partial charge in [0.2, 0.25) is 5.43 Å². The van der Waals surface area contributed by atoms with E-state index in [1.54, 1.807) is 6.20 Å². The molecule has 4 heterocycles. The number of pyridine rings is 1. The van der Waals surface area contributed by atoms with Crippen LogP contribution in [0.4, 0.5) is 10.1 Å². The molecule has 1 aromatic heterocycles. The van der Waals surface area contributed by atoms with Crippen LogP contribution in [0.2, 0.25) is 0 Å². The third kappa shape index (κ3) is 4.42. The van der Waals surface area contributed by atoms with E-state index in [0.29, 0.717) is 54.1 Å². The van der Waals surface area contributed by atoms with Gasteiger partial charge in [0.25, 0.3) is 5.91 Å². The summed E-state index contributed by atoms with van der Waals surface area (Å²) in [7, 11) is 6.17. The van der Waals surface area contributed by atoms with Gasteiger partial charge in [0.15, 0.2) is 17.3 Å². The smallest absolute Gasteiger partial charge is 0.256 e. The SMILES string of the molecule is CN(C)C1CCN(c2c(F)cc3c(=O)c(C(=O)NCCC4CCCN4C)cn4c3c2Oc2cc3ccccc3cc2-4)C1. The maximum absolute atomic E-state index is 16.1. The predicted molar refractivity (Wildman–Crippen MR) is 164 cm³/mol. The van der Waals surface area contributed by atoms with Crippen molar-refractivity contribution in [2.75, 3.05) is 52.2 Å². The van der Waals surface area contributed by atoms with Crippen molar-refractivity contribution in [2.24, 2.45) is 0 Å². The molecule has 4 aromatic rings. The Labute approximate surface area is 244 Å². The summed E-state index contributed by atoms with van der Waals surface area (Å²) < 4.78 is 24.4. The Morgan fingerprint density at radius 1 is 1.12 bits per heavy atom. The molecule has 42 heavy (non-hydrogen) atoms. The summed E-state index contributed by atoms with van der Waals surface area (Å²) in [6.07, 6.45) is 5.59. The van der Waals surface area contributed by atoms with Crippen molar-refractivity contribution in [1.29, 1.82) is 0 Å². The Hall–Kier alpha value is -3.95. The van der Waals surface area contributed by atoms with E-state index in [9.17, 15) is 9.59 Å². The number of likely N-dealkylation sites (N-methyl/N-ethyl adjacent to an activating group) is 1. The standard InChI is InChI=1S/C33H36FN5O3/c1-36(2)23-11-14-38(18-23)30-26(34)17-24-29-32(30)42-28-16-21-8-5-4-7-20(21)15-27(28)39(29)19-25(31(24)40)33(41)35-12-10-22-9-6-13-37(22)3/h4-5,7-8,15-17,19,22-23H,6,9-14,18H2,1-3H3,(H,35,41). The zero-order valence-corrected chi connectivity index (χ0v) is 24.3. The molecule has 8 nitrogen and oxygen atoms in total. The molecule has 0 radical (unpaired) electrons. The number of benzene rings is 3. The third-order valence-corrected chi connectivity index (χ3v) is 9.36. The zero-order chi connectivity index (χ0) is 29.1. The number of anilines is 1. The van der Waals surface area contributed by atoms with Gasteiger partial charge >= 0.3 is 0 Å². The fourth-order valence-electron chi connectivity index (χ4n) is 6.90. The van der Waals surface area contributed by atoms with Crippen LogP contribution in [0.15, 0.2) is 53.5 Å². The third-order valence-electron chi connectivity index (χ3n) is 9.36. The van der Waals surface area contributed by atoms with Gasteiger partial charge < -0.3 is 29.3 Å². The number of aromatic nitrogens is 1. The van der Waals surface area contributed by atoms with Gasteiger partial charge in [-0.25, -0.2) is 4.39 Å². The monoisotopic (exact) mass is 569 g/mol. The minimum absolute atomic E-state index is 0.00442. The molecular formula is C33H36FN5O3. The van der Waals surface area contributed by atoms with Gasteiger partial charge in [-0.1, -0.05) is 24.3 Å². The lowest BCUT2D eigenvalue weighted by atomic mass is 10.0. The fourth-order valence-corrected chi connectivity index (χ4v) is 6.90. The first-order chi connectivity index (χ1) is 20.3. The molecule has 218 valence electrons. The average molecular weight is 570 g/mol. The van der Waals surface area contributed by atoms with Crippen molar-refractivity contribution in [3.8, 4) is 17.2 Å². The number of rotatable bonds is 6. The molecule has 0 saturated carbocycles. The second-order valence-corrected chi connectivity index (χ2v) is 12.1. The van der Waals surface area contributed by atoms with Gasteiger partial charge in [0.05, 0.1) is 11.1 Å². The number of hydrogen-bond donors (Lipinski definition) is 1. The van der Waals surface area contributed by atoms with Crippen LogP contribution >= 0.6 is 0 Å². The lowest BCUT2D eigenvalue weighted by molar-refractivity contribution is 0.0949. The molecule has 2 saturated heterocycles. The van der Waals surface area contributed by atoms with E-state index in [-0.39, 0.29) is 17.0 Å². The molecule has 7 rings (SSSR count). The largest absolute Gasteiger partial charge is 0.451 e. The fraction of sp³-hybridized carbons (Fsp3) is 0.394. The van der Waals surface area contributed by atoms with Crippen LogP contribution in [0.3, 0.4) is 0 Å². The number of carbonyl (C=O) groups is 1. The lowest BCUT2D eigenvalue weighted by Gasteiger charge is -2.30. The predicted octanol–water partition coefficient (Wildman–Crippen LogP) is 4.74. The van der Waals surface area contributed by atoms with Crippen LogP contribution in [0.1, 0.15) is 36.0 Å². The normalized spacial score (nSPS) is 20.0. The van der Waals surface area contributed by atoms with E-state index >= 15 is 4.39 Å². The number of halogens is 1. The molecule has 0 spiro atoms. The summed E-state index contributed by atoms with van der Waals surface area (Å²) in [6, 6.07) is 13.9. The van der Waals surface area contributed by atoms with Gasteiger partial charge in [-0.3, -0.25) is 9.59 Å². The van der Waals surface area contributed by atoms with E-state index in [1.807, 2.05) is 60.0 Å². The lowest BCUT2D eigenvalue weighted by Crippen LogP contribution is -2.34. The highest BCUT2D eigenvalue weighted by Crippen LogP contribution is 2.48. The van der Waals surface area contributed by atoms with Crippen LogP contribution < -0.4 is 20.4 Å². The second-order valence-electron chi connectivity index (χ2n) is 12.1. The molecule has 1 N–H and O–H groups in total. The highest BCUT2D eigenvalue weighted by molar-refractivity contribution is 6.02. The Morgan fingerprint density at radius 3 is 2.62 bits per heavy atom. The van der Waals surface area contributed by atoms with E-state index in [2.05, 4.69) is 22.2 Å². The molecule has 9 heteroatoms. The van der Waals surface area contributed by atoms with Crippen molar-refractivity contribution in [3.05, 3.63) is 70.3 Å². The van der Waals surface area contributed by atoms with Crippen LogP contribution in [0.5, 0.6) is 11.5 Å². The van der Waals surface area contributed by atoms with Gasteiger partial charge in [-0.2, -0.15) is 0 Å². The minimum atomic E-state index is -0.522. The van der Waals surface area contributed by atoms with E-state index in [1.165, 1.54) is 6.07 Å². The Bertz CT molecular complexity index is 1780. The van der Waals surface area contributed by atoms with Crippen molar-refractivity contribution in [1.82, 2.24) is 19.7 Å². The first kappa shape index (κ1) is 26.9. The molecular weight excluding hydrogens is 533 g/mol. The Morgan fingerprint density at radius 2 is 1.90 bits per heavy atom. The molecule has 2 atom stereocenters. The average Bonchev–Trinajstić information content (AvgIpc) is 3.62.